The molecule has 3 fully saturated rings. The minimum atomic E-state index is -0.748. The van der Waals surface area contributed by atoms with Gasteiger partial charge in [0.25, 0.3) is 11.9 Å². The molecule has 0 spiro atoms. The van der Waals surface area contributed by atoms with E-state index >= 15 is 0 Å². The summed E-state index contributed by atoms with van der Waals surface area (Å²) in [7, 11) is 0. The monoisotopic (exact) mass is 565 g/mol. The lowest BCUT2D eigenvalue weighted by Gasteiger charge is -2.37. The number of benzene rings is 2. The Kier molecular flexibility index (Phi) is 8.52. The van der Waals surface area contributed by atoms with Crippen molar-refractivity contribution in [3.63, 3.8) is 0 Å². The van der Waals surface area contributed by atoms with Crippen molar-refractivity contribution in [3.05, 3.63) is 59.7 Å². The predicted octanol–water partition coefficient (Wildman–Crippen LogP) is 2.87. The Labute approximate surface area is 239 Å². The molecule has 3 aliphatic rings. The summed E-state index contributed by atoms with van der Waals surface area (Å²) in [5, 5.41) is 18.9. The molecule has 6 atom stereocenters. The van der Waals surface area contributed by atoms with Crippen LogP contribution >= 0.6 is 0 Å². The van der Waals surface area contributed by atoms with Crippen LogP contribution in [0.4, 0.5) is 6.01 Å². The number of rotatable bonds is 13. The molecule has 1 amide bonds. The Bertz CT molecular complexity index is 1310. The van der Waals surface area contributed by atoms with Gasteiger partial charge >= 0.3 is 0 Å². The SMILES string of the molecule is CC(C)Nc1nc2ccc(C(=O)NN(Cc3ccccc3)CC(O)CNCOC3C4COC5OC3CC5C4)cc2o1. The first kappa shape index (κ1) is 28.1. The van der Waals surface area contributed by atoms with Gasteiger partial charge in [0.05, 0.1) is 31.6 Å². The van der Waals surface area contributed by atoms with Crippen molar-refractivity contribution in [2.75, 3.05) is 31.7 Å². The number of hydrazine groups is 1. The summed E-state index contributed by atoms with van der Waals surface area (Å²) in [4.78, 5) is 17.7. The zero-order valence-electron chi connectivity index (χ0n) is 23.5. The average Bonchev–Trinajstić information content (AvgIpc) is 3.47. The van der Waals surface area contributed by atoms with E-state index in [9.17, 15) is 9.90 Å². The van der Waals surface area contributed by atoms with Crippen molar-refractivity contribution in [2.24, 2.45) is 11.8 Å². The molecule has 6 unspecified atom stereocenters. The van der Waals surface area contributed by atoms with Gasteiger partial charge in [0.1, 0.15) is 5.52 Å². The van der Waals surface area contributed by atoms with Crippen LogP contribution < -0.4 is 16.1 Å². The number of carbonyl (C=O) groups excluding carboxylic acids is 1. The van der Waals surface area contributed by atoms with Crippen LogP contribution in [-0.4, -0.2) is 78.1 Å². The first-order valence-electron chi connectivity index (χ1n) is 14.5. The van der Waals surface area contributed by atoms with Crippen LogP contribution in [0.25, 0.3) is 11.1 Å². The Balaban J connectivity index is 1.04. The second-order valence-corrected chi connectivity index (χ2v) is 11.6. The molecule has 220 valence electrons. The summed E-state index contributed by atoms with van der Waals surface area (Å²) in [6.45, 7) is 5.94. The van der Waals surface area contributed by atoms with Gasteiger partial charge in [-0.05, 0) is 50.5 Å². The number of carbonyl (C=O) groups is 1. The van der Waals surface area contributed by atoms with Gasteiger partial charge in [0.2, 0.25) is 0 Å². The number of aliphatic hydroxyl groups excluding tert-OH is 1. The molecule has 2 aliphatic heterocycles. The topological polar surface area (TPSA) is 130 Å². The van der Waals surface area contributed by atoms with Gasteiger partial charge in [-0.1, -0.05) is 30.3 Å². The van der Waals surface area contributed by atoms with E-state index in [-0.39, 0.29) is 37.0 Å². The lowest BCUT2D eigenvalue weighted by Crippen LogP contribution is -2.48. The van der Waals surface area contributed by atoms with E-state index in [2.05, 4.69) is 21.0 Å². The molecule has 11 heteroatoms. The molecule has 1 aromatic heterocycles. The molecule has 3 aromatic rings. The van der Waals surface area contributed by atoms with Crippen LogP contribution in [0, 0.1) is 11.8 Å². The number of oxazole rings is 1. The van der Waals surface area contributed by atoms with Gasteiger partial charge in [-0.25, -0.2) is 5.01 Å². The van der Waals surface area contributed by atoms with Crippen LogP contribution in [0.15, 0.2) is 52.9 Å². The van der Waals surface area contributed by atoms with E-state index in [1.165, 1.54) is 0 Å². The molecule has 3 bridgehead atoms. The van der Waals surface area contributed by atoms with Crippen molar-refractivity contribution in [3.8, 4) is 0 Å². The second-order valence-electron chi connectivity index (χ2n) is 11.6. The van der Waals surface area contributed by atoms with Crippen LogP contribution in [0.3, 0.4) is 0 Å². The molecule has 2 aromatic carbocycles. The molecule has 4 N–H and O–H groups in total. The highest BCUT2D eigenvalue weighted by Crippen LogP contribution is 2.46. The Morgan fingerprint density at radius 3 is 2.85 bits per heavy atom. The van der Waals surface area contributed by atoms with Crippen LogP contribution in [0.1, 0.15) is 42.6 Å². The number of anilines is 1. The fourth-order valence-electron chi connectivity index (χ4n) is 6.03. The number of nitrogens with zero attached hydrogens (tertiary/aromatic N) is 2. The highest BCUT2D eigenvalue weighted by atomic mass is 16.7. The fraction of sp³-hybridized carbons (Fsp3) is 0.533. The van der Waals surface area contributed by atoms with E-state index in [4.69, 9.17) is 18.6 Å². The summed E-state index contributed by atoms with van der Waals surface area (Å²) in [5.74, 6) is 0.552. The first-order valence-corrected chi connectivity index (χ1v) is 14.5. The minimum Gasteiger partial charge on any atom is -0.424 e. The number of hydrogen-bond donors (Lipinski definition) is 4. The smallest absolute Gasteiger partial charge is 0.295 e. The summed E-state index contributed by atoms with van der Waals surface area (Å²) in [6.07, 6.45) is 1.35. The highest BCUT2D eigenvalue weighted by molar-refractivity contribution is 5.96. The van der Waals surface area contributed by atoms with Crippen molar-refractivity contribution < 1.29 is 28.5 Å². The number of aliphatic hydroxyl groups is 1. The molecule has 41 heavy (non-hydrogen) atoms. The van der Waals surface area contributed by atoms with E-state index in [0.717, 1.165) is 18.4 Å². The van der Waals surface area contributed by atoms with Crippen LogP contribution in [0.5, 0.6) is 0 Å². The van der Waals surface area contributed by atoms with E-state index in [1.54, 1.807) is 23.2 Å². The Morgan fingerprint density at radius 2 is 2.02 bits per heavy atom. The Morgan fingerprint density at radius 1 is 1.17 bits per heavy atom. The van der Waals surface area contributed by atoms with E-state index in [0.29, 0.717) is 60.9 Å². The number of amides is 1. The minimum absolute atomic E-state index is 0.0104. The molecule has 2 saturated heterocycles. The van der Waals surface area contributed by atoms with E-state index < -0.39 is 6.10 Å². The van der Waals surface area contributed by atoms with Crippen molar-refractivity contribution in [1.29, 1.82) is 0 Å². The maximum Gasteiger partial charge on any atom is 0.295 e. The summed E-state index contributed by atoms with van der Waals surface area (Å²) >= 11 is 0. The van der Waals surface area contributed by atoms with Gasteiger partial charge in [-0.15, -0.1) is 0 Å². The zero-order chi connectivity index (χ0) is 28.3. The molecular weight excluding hydrogens is 526 g/mol. The molecule has 6 rings (SSSR count). The second kappa shape index (κ2) is 12.4. The van der Waals surface area contributed by atoms with Gasteiger partial charge in [-0.2, -0.15) is 4.98 Å². The fourth-order valence-corrected chi connectivity index (χ4v) is 6.03. The third-order valence-electron chi connectivity index (χ3n) is 7.87. The van der Waals surface area contributed by atoms with Crippen LogP contribution in [0.2, 0.25) is 0 Å². The molecule has 3 heterocycles. The molecular formula is C30H39N5O6. The highest BCUT2D eigenvalue weighted by Gasteiger charge is 2.52. The maximum absolute atomic E-state index is 13.2. The van der Waals surface area contributed by atoms with Crippen molar-refractivity contribution >= 4 is 23.0 Å². The Hall–Kier alpha value is -3.06. The number of aromatic nitrogens is 1. The molecule has 0 radical (unpaired) electrons. The summed E-state index contributed by atoms with van der Waals surface area (Å²) < 4.78 is 23.7. The molecule has 11 nitrogen and oxygen atoms in total. The first-order chi connectivity index (χ1) is 19.9. The van der Waals surface area contributed by atoms with Gasteiger partial charge in [0.15, 0.2) is 11.9 Å². The maximum atomic E-state index is 13.2. The average molecular weight is 566 g/mol. The summed E-state index contributed by atoms with van der Waals surface area (Å²) in [6, 6.07) is 15.6. The lowest BCUT2D eigenvalue weighted by atomic mass is 9.78. The number of hydrogen-bond acceptors (Lipinski definition) is 10. The third-order valence-corrected chi connectivity index (χ3v) is 7.87. The molecule has 1 aliphatic carbocycles. The number of ether oxygens (including phenoxy) is 3. The normalized spacial score (nSPS) is 25.7. The third kappa shape index (κ3) is 6.72. The lowest BCUT2D eigenvalue weighted by molar-refractivity contribution is -0.153. The largest absolute Gasteiger partial charge is 0.424 e. The van der Waals surface area contributed by atoms with Gasteiger partial charge < -0.3 is 29.1 Å². The standard InChI is InChI=1S/C30H39N5O6/c1-18(2)32-30-33-24-9-8-20(11-25(24)41-30)28(37)34-35(14-19-6-4-3-5-7-19)15-23(36)13-31-17-39-27-22-10-21-12-26(27)40-29(21)38-16-22/h3-9,11,18,21-23,26-27,29,31,36H,10,12-17H2,1-2H3,(H,32,33)(H,34,37). The number of nitrogens with one attached hydrogen (secondary N) is 3. The van der Waals surface area contributed by atoms with Gasteiger partial charge in [-0.3, -0.25) is 15.5 Å². The van der Waals surface area contributed by atoms with Crippen LogP contribution in [-0.2, 0) is 20.8 Å². The van der Waals surface area contributed by atoms with Gasteiger partial charge in [0, 0.05) is 43.1 Å². The van der Waals surface area contributed by atoms with Crippen molar-refractivity contribution in [1.82, 2.24) is 20.7 Å². The molecule has 1 saturated carbocycles. The van der Waals surface area contributed by atoms with Crippen molar-refractivity contribution in [2.45, 2.75) is 63.9 Å². The predicted molar refractivity (Wildman–Crippen MR) is 152 cm³/mol. The zero-order valence-corrected chi connectivity index (χ0v) is 23.5. The van der Waals surface area contributed by atoms with E-state index in [1.807, 2.05) is 44.2 Å². The summed E-state index contributed by atoms with van der Waals surface area (Å²) in [5.41, 5.74) is 5.60. The quantitative estimate of drug-likeness (QED) is 0.139. The number of fused-ring (bicyclic) bond motifs is 3.